The van der Waals surface area contributed by atoms with E-state index in [0.717, 1.165) is 53.9 Å². The molecule has 1 saturated heterocycles. The monoisotopic (exact) mass is 598 g/mol. The molecule has 0 aliphatic carbocycles. The van der Waals surface area contributed by atoms with Crippen molar-refractivity contribution in [1.29, 1.82) is 0 Å². The van der Waals surface area contributed by atoms with Gasteiger partial charge in [-0.25, -0.2) is 9.97 Å². The highest BCUT2D eigenvalue weighted by Gasteiger charge is 2.28. The van der Waals surface area contributed by atoms with Gasteiger partial charge in [-0.05, 0) is 67.4 Å². The average Bonchev–Trinajstić information content (AvgIpc) is 3.06. The van der Waals surface area contributed by atoms with Crippen LogP contribution in [0.2, 0.25) is 0 Å². The van der Waals surface area contributed by atoms with Gasteiger partial charge in [-0.1, -0.05) is 30.3 Å². The first kappa shape index (κ1) is 28.4. The highest BCUT2D eigenvalue weighted by Crippen LogP contribution is 2.30. The van der Waals surface area contributed by atoms with Crippen LogP contribution in [-0.2, 0) is 6.42 Å². The molecule has 1 fully saturated rings. The zero-order valence-corrected chi connectivity index (χ0v) is 25.3. The number of rotatable bonds is 6. The SMILES string of the molecule is Cc1ccc(NC(=O)c2cc3ccccc3cn2)cc1N1CCc2nc(Nc3ccc(N4CCN(C)CC4)cc3)ncc2C1=O. The number of anilines is 5. The lowest BCUT2D eigenvalue weighted by molar-refractivity contribution is 0.0978. The minimum atomic E-state index is -0.312. The summed E-state index contributed by atoms with van der Waals surface area (Å²) in [6.07, 6.45) is 3.88. The van der Waals surface area contributed by atoms with E-state index in [1.54, 1.807) is 23.4 Å². The van der Waals surface area contributed by atoms with Crippen LogP contribution in [0, 0.1) is 6.92 Å². The van der Waals surface area contributed by atoms with Gasteiger partial charge in [0.15, 0.2) is 0 Å². The third kappa shape index (κ3) is 5.92. The molecule has 226 valence electrons. The van der Waals surface area contributed by atoms with Crippen LogP contribution in [0.15, 0.2) is 85.2 Å². The molecule has 0 saturated carbocycles. The Morgan fingerprint density at radius 3 is 2.38 bits per heavy atom. The zero-order valence-electron chi connectivity index (χ0n) is 25.3. The molecule has 0 bridgehead atoms. The Morgan fingerprint density at radius 1 is 0.822 bits per heavy atom. The lowest BCUT2D eigenvalue weighted by Crippen LogP contribution is -2.44. The molecule has 0 unspecified atom stereocenters. The first-order valence-corrected chi connectivity index (χ1v) is 15.2. The molecule has 2 aliphatic rings. The van der Waals surface area contributed by atoms with Gasteiger partial charge in [0, 0.05) is 79.7 Å². The molecule has 10 heteroatoms. The fourth-order valence-electron chi connectivity index (χ4n) is 5.87. The molecule has 0 radical (unpaired) electrons. The van der Waals surface area contributed by atoms with Crippen LogP contribution in [0.1, 0.15) is 32.1 Å². The molecule has 5 aromatic rings. The van der Waals surface area contributed by atoms with Gasteiger partial charge in [-0.15, -0.1) is 0 Å². The highest BCUT2D eigenvalue weighted by atomic mass is 16.2. The lowest BCUT2D eigenvalue weighted by Gasteiger charge is -2.34. The topological polar surface area (TPSA) is 107 Å². The number of piperazine rings is 1. The van der Waals surface area contributed by atoms with Crippen LogP contribution in [0.5, 0.6) is 0 Å². The molecule has 0 atom stereocenters. The lowest BCUT2D eigenvalue weighted by atomic mass is 10.0. The van der Waals surface area contributed by atoms with E-state index in [-0.39, 0.29) is 11.8 Å². The number of benzene rings is 3. The Bertz CT molecular complexity index is 1900. The van der Waals surface area contributed by atoms with Crippen LogP contribution in [0.3, 0.4) is 0 Å². The van der Waals surface area contributed by atoms with Gasteiger partial charge in [0.05, 0.1) is 11.3 Å². The molecule has 10 nitrogen and oxygen atoms in total. The highest BCUT2D eigenvalue weighted by molar-refractivity contribution is 6.09. The van der Waals surface area contributed by atoms with Gasteiger partial charge in [0.2, 0.25) is 5.95 Å². The molecular formula is C35H34N8O2. The second kappa shape index (κ2) is 12.0. The van der Waals surface area contributed by atoms with Crippen molar-refractivity contribution in [2.24, 2.45) is 0 Å². The molecule has 2 aliphatic heterocycles. The second-order valence-electron chi connectivity index (χ2n) is 11.6. The third-order valence-corrected chi connectivity index (χ3v) is 8.53. The predicted octanol–water partition coefficient (Wildman–Crippen LogP) is 5.28. The fourth-order valence-corrected chi connectivity index (χ4v) is 5.87. The normalized spacial score (nSPS) is 15.2. The first-order chi connectivity index (χ1) is 21.9. The molecular weight excluding hydrogens is 564 g/mol. The van der Waals surface area contributed by atoms with Crippen molar-refractivity contribution in [2.75, 3.05) is 60.2 Å². The number of hydrogen-bond acceptors (Lipinski definition) is 8. The number of aromatic nitrogens is 3. The Morgan fingerprint density at radius 2 is 1.58 bits per heavy atom. The van der Waals surface area contributed by atoms with E-state index >= 15 is 0 Å². The number of carbonyl (C=O) groups excluding carboxylic acids is 2. The van der Waals surface area contributed by atoms with Crippen molar-refractivity contribution < 1.29 is 9.59 Å². The van der Waals surface area contributed by atoms with Crippen LogP contribution >= 0.6 is 0 Å². The molecule has 45 heavy (non-hydrogen) atoms. The van der Waals surface area contributed by atoms with E-state index in [0.29, 0.717) is 41.6 Å². The standard InChI is InChI=1S/C35H34N8O2/c1-23-7-8-27(38-33(44)31-19-24-5-3-4-6-25(24)21-36-31)20-32(23)43-14-13-30-29(34(43)45)22-37-35(40-30)39-26-9-11-28(12-10-26)42-17-15-41(2)16-18-42/h3-12,19-22H,13-18H2,1-2H3,(H,38,44)(H,37,39,40). The number of fused-ring (bicyclic) bond motifs is 2. The maximum Gasteiger partial charge on any atom is 0.274 e. The number of nitrogens with one attached hydrogen (secondary N) is 2. The van der Waals surface area contributed by atoms with Gasteiger partial charge in [0.1, 0.15) is 5.69 Å². The maximum absolute atomic E-state index is 13.6. The molecule has 2 aromatic heterocycles. The van der Waals surface area contributed by atoms with Crippen LogP contribution in [-0.4, -0.2) is 71.4 Å². The van der Waals surface area contributed by atoms with Gasteiger partial charge in [0.25, 0.3) is 11.8 Å². The summed E-state index contributed by atoms with van der Waals surface area (Å²) in [5.41, 5.74) is 5.86. The summed E-state index contributed by atoms with van der Waals surface area (Å²) in [7, 11) is 2.15. The van der Waals surface area contributed by atoms with Crippen molar-refractivity contribution in [1.82, 2.24) is 19.9 Å². The Hall–Kier alpha value is -5.35. The minimum Gasteiger partial charge on any atom is -0.369 e. The summed E-state index contributed by atoms with van der Waals surface area (Å²) >= 11 is 0. The fraction of sp³-hybridized carbons (Fsp3) is 0.229. The van der Waals surface area contributed by atoms with Gasteiger partial charge in [-0.3, -0.25) is 14.6 Å². The van der Waals surface area contributed by atoms with Gasteiger partial charge in [-0.2, -0.15) is 0 Å². The molecule has 2 N–H and O–H groups in total. The van der Waals surface area contributed by atoms with E-state index in [9.17, 15) is 9.59 Å². The number of hydrogen-bond donors (Lipinski definition) is 2. The first-order valence-electron chi connectivity index (χ1n) is 15.2. The quantitative estimate of drug-likeness (QED) is 0.272. The minimum absolute atomic E-state index is 0.165. The van der Waals surface area contributed by atoms with Gasteiger partial charge < -0.3 is 25.3 Å². The summed E-state index contributed by atoms with van der Waals surface area (Å²) in [6.45, 7) is 6.57. The Balaban J connectivity index is 1.04. The van der Waals surface area contributed by atoms with Crippen molar-refractivity contribution in [3.8, 4) is 0 Å². The molecule has 4 heterocycles. The summed E-state index contributed by atoms with van der Waals surface area (Å²) in [5, 5.41) is 8.14. The Kier molecular flexibility index (Phi) is 7.56. The van der Waals surface area contributed by atoms with Crippen molar-refractivity contribution in [3.05, 3.63) is 108 Å². The van der Waals surface area contributed by atoms with Crippen LogP contribution < -0.4 is 20.4 Å². The van der Waals surface area contributed by atoms with E-state index in [2.05, 4.69) is 49.6 Å². The van der Waals surface area contributed by atoms with Crippen LogP contribution in [0.4, 0.5) is 28.7 Å². The maximum atomic E-state index is 13.6. The van der Waals surface area contributed by atoms with Crippen LogP contribution in [0.25, 0.3) is 10.8 Å². The summed E-state index contributed by atoms with van der Waals surface area (Å²) in [6, 6.07) is 23.4. The molecule has 0 spiro atoms. The largest absolute Gasteiger partial charge is 0.369 e. The zero-order chi connectivity index (χ0) is 30.9. The summed E-state index contributed by atoms with van der Waals surface area (Å²) < 4.78 is 0. The molecule has 2 amide bonds. The number of amides is 2. The number of nitrogens with zero attached hydrogens (tertiary/aromatic N) is 6. The number of pyridine rings is 1. The number of likely N-dealkylation sites (N-methyl/N-ethyl adjacent to an activating group) is 1. The number of aryl methyl sites for hydroxylation is 1. The van der Waals surface area contributed by atoms with Crippen molar-refractivity contribution >= 4 is 51.3 Å². The molecule has 3 aromatic carbocycles. The van der Waals surface area contributed by atoms with E-state index in [1.807, 2.05) is 61.5 Å². The van der Waals surface area contributed by atoms with E-state index in [1.165, 1.54) is 5.69 Å². The predicted molar refractivity (Wildman–Crippen MR) is 178 cm³/mol. The van der Waals surface area contributed by atoms with Gasteiger partial charge >= 0.3 is 0 Å². The number of carbonyl (C=O) groups is 2. The van der Waals surface area contributed by atoms with Crippen molar-refractivity contribution in [2.45, 2.75) is 13.3 Å². The van der Waals surface area contributed by atoms with E-state index in [4.69, 9.17) is 4.98 Å². The third-order valence-electron chi connectivity index (χ3n) is 8.53. The summed E-state index contributed by atoms with van der Waals surface area (Å²) in [5.74, 6) is -0.0130. The van der Waals surface area contributed by atoms with Crippen molar-refractivity contribution in [3.63, 3.8) is 0 Å². The molecule has 7 rings (SSSR count). The smallest absolute Gasteiger partial charge is 0.274 e. The second-order valence-corrected chi connectivity index (χ2v) is 11.6. The summed E-state index contributed by atoms with van der Waals surface area (Å²) in [4.78, 5) is 46.6. The Labute approximate surface area is 261 Å². The average molecular weight is 599 g/mol. The van der Waals surface area contributed by atoms with E-state index < -0.39 is 0 Å².